The number of carbonyl (C=O) groups is 1. The van der Waals surface area contributed by atoms with Crippen LogP contribution in [0.5, 0.6) is 0 Å². The smallest absolute Gasteiger partial charge is 0.340 e. The number of hydrogen-bond donors (Lipinski definition) is 0. The Hall–Kier alpha value is -0.710. The number of hydrogen-bond acceptors (Lipinski definition) is 5. The lowest BCUT2D eigenvalue weighted by Crippen LogP contribution is -2.18. The highest BCUT2D eigenvalue weighted by molar-refractivity contribution is 7.54. The molecule has 19 heavy (non-hydrogen) atoms. The normalized spacial score (nSPS) is 13.2. The molecule has 0 spiro atoms. The van der Waals surface area contributed by atoms with Crippen molar-refractivity contribution in [2.75, 3.05) is 12.8 Å². The Labute approximate surface area is 115 Å². The summed E-state index contributed by atoms with van der Waals surface area (Å²) in [6, 6.07) is 0. The highest BCUT2D eigenvalue weighted by atomic mass is 31.2. The second kappa shape index (κ2) is 8.46. The molecule has 0 aromatic carbocycles. The minimum absolute atomic E-state index is 0.0830. The Morgan fingerprint density at radius 2 is 1.63 bits per heavy atom. The molecule has 0 aliphatic heterocycles. The summed E-state index contributed by atoms with van der Waals surface area (Å²) in [5.74, 6) is -0.330. The van der Waals surface area contributed by atoms with E-state index in [-0.39, 0.29) is 24.3 Å². The van der Waals surface area contributed by atoms with Crippen molar-refractivity contribution in [2.45, 2.75) is 53.8 Å². The fourth-order valence-electron chi connectivity index (χ4n) is 1.36. The molecule has 6 nitrogen and oxygen atoms in total. The van der Waals surface area contributed by atoms with Crippen molar-refractivity contribution in [1.29, 1.82) is 0 Å². The molecule has 0 radical (unpaired) electrons. The third-order valence-corrected chi connectivity index (χ3v) is 3.81. The zero-order valence-corrected chi connectivity index (χ0v) is 13.4. The molecule has 0 unspecified atom stereocenters. The predicted octanol–water partition coefficient (Wildman–Crippen LogP) is 3.01. The van der Waals surface area contributed by atoms with Gasteiger partial charge in [-0.1, -0.05) is 0 Å². The summed E-state index contributed by atoms with van der Waals surface area (Å²) in [4.78, 5) is 14.7. The highest BCUT2D eigenvalue weighted by Gasteiger charge is 2.31. The first-order valence-electron chi connectivity index (χ1n) is 6.35. The van der Waals surface area contributed by atoms with E-state index in [0.29, 0.717) is 6.61 Å². The van der Waals surface area contributed by atoms with Gasteiger partial charge in [0.25, 0.3) is 0 Å². The van der Waals surface area contributed by atoms with Gasteiger partial charge in [-0.25, -0.2) is 0 Å². The molecule has 0 aliphatic rings. The standard InChI is InChI=1S/C12H24NO5P/c1-7-16-12(13-11(6)14)8-19(15,17-9(2)3)18-10(4)5/h9-10H,7-8H2,1-6H3. The van der Waals surface area contributed by atoms with Gasteiger partial charge in [0.1, 0.15) is 6.16 Å². The van der Waals surface area contributed by atoms with Gasteiger partial charge in [0.05, 0.1) is 18.8 Å². The minimum Gasteiger partial charge on any atom is -0.480 e. The van der Waals surface area contributed by atoms with E-state index in [2.05, 4.69) is 4.99 Å². The third-order valence-electron chi connectivity index (χ3n) is 1.66. The van der Waals surface area contributed by atoms with Crippen molar-refractivity contribution in [3.8, 4) is 0 Å². The Bertz CT molecular complexity index is 351. The van der Waals surface area contributed by atoms with E-state index < -0.39 is 13.5 Å². The largest absolute Gasteiger partial charge is 0.480 e. The molecule has 112 valence electrons. The molecular formula is C12H24NO5P. The zero-order valence-electron chi connectivity index (χ0n) is 12.5. The molecule has 0 saturated heterocycles. The Morgan fingerprint density at radius 1 is 1.16 bits per heavy atom. The van der Waals surface area contributed by atoms with Crippen molar-refractivity contribution in [3.05, 3.63) is 0 Å². The van der Waals surface area contributed by atoms with Crippen molar-refractivity contribution in [2.24, 2.45) is 4.99 Å². The summed E-state index contributed by atoms with van der Waals surface area (Å²) in [5, 5.41) is 0. The molecule has 1 amide bonds. The number of aliphatic imine (C=N–C) groups is 1. The average molecular weight is 293 g/mol. The van der Waals surface area contributed by atoms with Gasteiger partial charge in [0.2, 0.25) is 11.8 Å². The van der Waals surface area contributed by atoms with Crippen LogP contribution in [0.4, 0.5) is 0 Å². The highest BCUT2D eigenvalue weighted by Crippen LogP contribution is 2.50. The SMILES string of the molecule is CCOC(CP(=O)(OC(C)C)OC(C)C)=NC(C)=O. The van der Waals surface area contributed by atoms with Crippen LogP contribution in [0.3, 0.4) is 0 Å². The van der Waals surface area contributed by atoms with E-state index in [1.54, 1.807) is 34.6 Å². The molecule has 0 aromatic heterocycles. The first kappa shape index (κ1) is 18.3. The molecule has 0 rings (SSSR count). The molecular weight excluding hydrogens is 269 g/mol. The molecule has 0 saturated carbocycles. The van der Waals surface area contributed by atoms with E-state index in [9.17, 15) is 9.36 Å². The van der Waals surface area contributed by atoms with Crippen LogP contribution in [0.15, 0.2) is 4.99 Å². The number of rotatable bonds is 7. The first-order valence-corrected chi connectivity index (χ1v) is 8.08. The van der Waals surface area contributed by atoms with E-state index in [1.807, 2.05) is 0 Å². The maximum atomic E-state index is 12.6. The summed E-state index contributed by atoms with van der Waals surface area (Å²) in [5.41, 5.74) is 0. The van der Waals surface area contributed by atoms with Crippen molar-refractivity contribution < 1.29 is 23.1 Å². The topological polar surface area (TPSA) is 74.2 Å². The fourth-order valence-corrected chi connectivity index (χ4v) is 3.34. The zero-order chi connectivity index (χ0) is 15.1. The van der Waals surface area contributed by atoms with Crippen LogP contribution in [-0.2, 0) is 23.1 Å². The lowest BCUT2D eigenvalue weighted by atomic mass is 10.5. The molecule has 0 fully saturated rings. The number of amides is 1. The maximum absolute atomic E-state index is 12.6. The molecule has 0 aliphatic carbocycles. The number of carbonyl (C=O) groups excluding carboxylic acids is 1. The lowest BCUT2D eigenvalue weighted by Gasteiger charge is -2.23. The first-order chi connectivity index (χ1) is 8.68. The monoisotopic (exact) mass is 293 g/mol. The Balaban J connectivity index is 5.05. The van der Waals surface area contributed by atoms with Crippen LogP contribution in [0.25, 0.3) is 0 Å². The third kappa shape index (κ3) is 8.92. The molecule has 7 heteroatoms. The van der Waals surface area contributed by atoms with Gasteiger partial charge in [-0.3, -0.25) is 9.36 Å². The van der Waals surface area contributed by atoms with Gasteiger partial charge in [0, 0.05) is 6.92 Å². The van der Waals surface area contributed by atoms with E-state index >= 15 is 0 Å². The van der Waals surface area contributed by atoms with Crippen LogP contribution >= 0.6 is 7.60 Å². The summed E-state index contributed by atoms with van der Waals surface area (Å²) in [7, 11) is -3.38. The van der Waals surface area contributed by atoms with E-state index in [0.717, 1.165) is 0 Å². The maximum Gasteiger partial charge on any atom is 0.340 e. The van der Waals surface area contributed by atoms with Crippen molar-refractivity contribution in [1.82, 2.24) is 0 Å². The Morgan fingerprint density at radius 3 is 1.95 bits per heavy atom. The van der Waals surface area contributed by atoms with Gasteiger partial charge in [0.15, 0.2) is 0 Å². The second-order valence-corrected chi connectivity index (χ2v) is 6.49. The second-order valence-electron chi connectivity index (χ2n) is 4.53. The summed E-state index contributed by atoms with van der Waals surface area (Å²) >= 11 is 0. The van der Waals surface area contributed by atoms with Crippen LogP contribution in [0, 0.1) is 0 Å². The summed E-state index contributed by atoms with van der Waals surface area (Å²) < 4.78 is 28.5. The van der Waals surface area contributed by atoms with Gasteiger partial charge >= 0.3 is 7.60 Å². The van der Waals surface area contributed by atoms with Gasteiger partial charge < -0.3 is 13.8 Å². The van der Waals surface area contributed by atoms with Gasteiger partial charge in [-0.05, 0) is 34.6 Å². The lowest BCUT2D eigenvalue weighted by molar-refractivity contribution is -0.115. The van der Waals surface area contributed by atoms with Crippen LogP contribution < -0.4 is 0 Å². The van der Waals surface area contributed by atoms with Gasteiger partial charge in [-0.2, -0.15) is 4.99 Å². The quantitative estimate of drug-likeness (QED) is 0.410. The van der Waals surface area contributed by atoms with Crippen LogP contribution in [-0.4, -0.2) is 36.8 Å². The number of ether oxygens (including phenoxy) is 1. The average Bonchev–Trinajstić information content (AvgIpc) is 2.12. The van der Waals surface area contributed by atoms with Crippen LogP contribution in [0.2, 0.25) is 0 Å². The number of nitrogens with zero attached hydrogens (tertiary/aromatic N) is 1. The van der Waals surface area contributed by atoms with Crippen molar-refractivity contribution >= 4 is 19.4 Å². The van der Waals surface area contributed by atoms with Crippen LogP contribution in [0.1, 0.15) is 41.5 Å². The van der Waals surface area contributed by atoms with Gasteiger partial charge in [-0.15, -0.1) is 0 Å². The summed E-state index contributed by atoms with van der Waals surface area (Å²) in [6.45, 7) is 10.4. The van der Waals surface area contributed by atoms with E-state index in [1.165, 1.54) is 6.92 Å². The molecule has 0 heterocycles. The summed E-state index contributed by atoms with van der Waals surface area (Å²) in [6.07, 6.45) is -0.661. The molecule has 0 atom stereocenters. The Kier molecular flexibility index (Phi) is 8.14. The fraction of sp³-hybridized carbons (Fsp3) is 0.833. The van der Waals surface area contributed by atoms with E-state index in [4.69, 9.17) is 13.8 Å². The minimum atomic E-state index is -3.38. The van der Waals surface area contributed by atoms with Crippen molar-refractivity contribution in [3.63, 3.8) is 0 Å². The predicted molar refractivity (Wildman–Crippen MR) is 74.7 cm³/mol. The molecule has 0 N–H and O–H groups in total. The molecule has 0 aromatic rings. The molecule has 0 bridgehead atoms.